The van der Waals surface area contributed by atoms with E-state index in [4.69, 9.17) is 4.74 Å². The average molecular weight is 363 g/mol. The van der Waals surface area contributed by atoms with Gasteiger partial charge in [-0.2, -0.15) is 0 Å². The van der Waals surface area contributed by atoms with Gasteiger partial charge in [-0.3, -0.25) is 4.79 Å². The summed E-state index contributed by atoms with van der Waals surface area (Å²) in [5.41, 5.74) is 1.09. The number of hydrogen-bond acceptors (Lipinski definition) is 3. The van der Waals surface area contributed by atoms with Crippen LogP contribution in [0.4, 0.5) is 0 Å². The lowest BCUT2D eigenvalue weighted by atomic mass is 9.46. The third-order valence-corrected chi connectivity index (χ3v) is 7.51. The summed E-state index contributed by atoms with van der Waals surface area (Å²) in [4.78, 5) is 24.2. The van der Waals surface area contributed by atoms with Crippen LogP contribution in [0.3, 0.4) is 0 Å². The fourth-order valence-corrected chi connectivity index (χ4v) is 6.26. The second-order valence-corrected chi connectivity index (χ2v) is 10.2. The molecule has 2 aliphatic carbocycles. The van der Waals surface area contributed by atoms with Crippen molar-refractivity contribution >= 4 is 11.8 Å². The minimum absolute atomic E-state index is 0.0235. The van der Waals surface area contributed by atoms with Crippen molar-refractivity contribution in [1.29, 1.82) is 0 Å². The topological polar surface area (TPSA) is 43.4 Å². The van der Waals surface area contributed by atoms with Gasteiger partial charge in [-0.15, -0.1) is 0 Å². The molecule has 0 aromatic rings. The molecule has 4 unspecified atom stereocenters. The number of Topliss-reactive ketones (excluding diaryl/α,β-unsaturated/α-hetero) is 1. The summed E-state index contributed by atoms with van der Waals surface area (Å²) in [5.74, 6) is 0.994. The summed E-state index contributed by atoms with van der Waals surface area (Å²) in [6, 6.07) is 0. The minimum atomic E-state index is -0.379. The van der Waals surface area contributed by atoms with E-state index >= 15 is 0 Å². The Labute approximate surface area is 160 Å². The van der Waals surface area contributed by atoms with Crippen molar-refractivity contribution in [2.24, 2.45) is 28.1 Å². The number of ketones is 1. The number of carbonyl (C=O) groups excluding carboxylic acids is 2. The Balaban J connectivity index is 2.25. The van der Waals surface area contributed by atoms with Gasteiger partial charge in [-0.1, -0.05) is 39.3 Å². The quantitative estimate of drug-likeness (QED) is 0.448. The van der Waals surface area contributed by atoms with Crippen LogP contribution in [-0.2, 0) is 14.3 Å². The van der Waals surface area contributed by atoms with Crippen LogP contribution in [0, 0.1) is 28.1 Å². The first kappa shape index (κ1) is 21.2. The van der Waals surface area contributed by atoms with Gasteiger partial charge >= 0.3 is 5.97 Å². The molecule has 4 atom stereocenters. The SMILES string of the molecule is C=C1CCC2C(C)(C(=O)OC)CCCC2(C)C1CCC(C)(C)CC(C)=O. The Morgan fingerprint density at radius 3 is 2.50 bits per heavy atom. The third kappa shape index (κ3) is 3.92. The predicted molar refractivity (Wildman–Crippen MR) is 106 cm³/mol. The maximum Gasteiger partial charge on any atom is 0.311 e. The standard InChI is InChI=1S/C23H38O3/c1-16-9-10-19-22(5,12-8-13-23(19,6)20(25)26-7)18(16)11-14-21(3,4)15-17(2)24/h18-19H,1,8-15H2,2-7H3. The van der Waals surface area contributed by atoms with Crippen molar-refractivity contribution in [2.75, 3.05) is 7.11 Å². The van der Waals surface area contributed by atoms with E-state index in [2.05, 4.69) is 34.3 Å². The van der Waals surface area contributed by atoms with E-state index in [1.165, 1.54) is 12.7 Å². The molecular formula is C23H38O3. The summed E-state index contributed by atoms with van der Waals surface area (Å²) in [6.45, 7) is 15.0. The molecule has 2 rings (SSSR count). The molecule has 0 saturated heterocycles. The van der Waals surface area contributed by atoms with E-state index in [1.807, 2.05) is 0 Å². The van der Waals surface area contributed by atoms with E-state index in [9.17, 15) is 9.59 Å². The minimum Gasteiger partial charge on any atom is -0.469 e. The Bertz CT molecular complexity index is 576. The first-order chi connectivity index (χ1) is 12.0. The number of hydrogen-bond donors (Lipinski definition) is 0. The van der Waals surface area contributed by atoms with Crippen molar-refractivity contribution in [3.05, 3.63) is 12.2 Å². The van der Waals surface area contributed by atoms with Gasteiger partial charge in [0, 0.05) is 6.42 Å². The summed E-state index contributed by atoms with van der Waals surface area (Å²) < 4.78 is 5.21. The molecule has 0 aliphatic heterocycles. The normalized spacial score (nSPS) is 34.9. The molecule has 26 heavy (non-hydrogen) atoms. The molecule has 2 aliphatic rings. The molecule has 3 heteroatoms. The Morgan fingerprint density at radius 2 is 1.92 bits per heavy atom. The molecule has 0 N–H and O–H groups in total. The number of fused-ring (bicyclic) bond motifs is 1. The number of methoxy groups -OCH3 is 1. The van der Waals surface area contributed by atoms with Crippen molar-refractivity contribution in [3.8, 4) is 0 Å². The second kappa shape index (κ2) is 7.48. The molecule has 148 valence electrons. The molecule has 0 heterocycles. The van der Waals surface area contributed by atoms with Crippen LogP contribution in [0.15, 0.2) is 12.2 Å². The highest BCUT2D eigenvalue weighted by Crippen LogP contribution is 2.62. The first-order valence-corrected chi connectivity index (χ1v) is 10.2. The van der Waals surface area contributed by atoms with E-state index in [0.29, 0.717) is 18.3 Å². The van der Waals surface area contributed by atoms with Gasteiger partial charge in [0.1, 0.15) is 5.78 Å². The highest BCUT2D eigenvalue weighted by molar-refractivity contribution is 5.77. The van der Waals surface area contributed by atoms with Crippen LogP contribution in [0.1, 0.15) is 86.0 Å². The first-order valence-electron chi connectivity index (χ1n) is 10.2. The maximum absolute atomic E-state index is 12.6. The number of rotatable bonds is 6. The summed E-state index contributed by atoms with van der Waals surface area (Å²) in [6.07, 6.45) is 7.90. The van der Waals surface area contributed by atoms with E-state index in [1.54, 1.807) is 6.92 Å². The van der Waals surface area contributed by atoms with Gasteiger partial charge in [-0.25, -0.2) is 0 Å². The van der Waals surface area contributed by atoms with Gasteiger partial charge in [0.15, 0.2) is 0 Å². The average Bonchev–Trinajstić information content (AvgIpc) is 2.51. The van der Waals surface area contributed by atoms with Crippen LogP contribution in [0.5, 0.6) is 0 Å². The molecule has 0 bridgehead atoms. The monoisotopic (exact) mass is 362 g/mol. The van der Waals surface area contributed by atoms with E-state index in [-0.39, 0.29) is 28.0 Å². The van der Waals surface area contributed by atoms with Crippen LogP contribution in [0.2, 0.25) is 0 Å². The number of esters is 1. The fraction of sp³-hybridized carbons (Fsp3) is 0.826. The zero-order chi connectivity index (χ0) is 19.8. The number of allylic oxidation sites excluding steroid dienone is 1. The molecule has 0 spiro atoms. The molecular weight excluding hydrogens is 324 g/mol. The van der Waals surface area contributed by atoms with E-state index in [0.717, 1.165) is 44.9 Å². The molecule has 0 aromatic carbocycles. The van der Waals surface area contributed by atoms with Crippen LogP contribution >= 0.6 is 0 Å². The maximum atomic E-state index is 12.6. The summed E-state index contributed by atoms with van der Waals surface area (Å²) in [7, 11) is 1.52. The Hall–Kier alpha value is -1.12. The molecule has 3 nitrogen and oxygen atoms in total. The second-order valence-electron chi connectivity index (χ2n) is 10.2. The third-order valence-electron chi connectivity index (χ3n) is 7.51. The highest BCUT2D eigenvalue weighted by Gasteiger charge is 2.57. The highest BCUT2D eigenvalue weighted by atomic mass is 16.5. The lowest BCUT2D eigenvalue weighted by Crippen LogP contribution is -2.53. The van der Waals surface area contributed by atoms with Gasteiger partial charge < -0.3 is 9.53 Å². The van der Waals surface area contributed by atoms with Crippen molar-refractivity contribution in [2.45, 2.75) is 86.0 Å². The van der Waals surface area contributed by atoms with Crippen LogP contribution in [-0.4, -0.2) is 18.9 Å². The number of carbonyl (C=O) groups is 2. The lowest BCUT2D eigenvalue weighted by molar-refractivity contribution is -0.168. The predicted octanol–water partition coefficient (Wildman–Crippen LogP) is 5.72. The van der Waals surface area contributed by atoms with Gasteiger partial charge in [0.05, 0.1) is 12.5 Å². The van der Waals surface area contributed by atoms with Crippen molar-refractivity contribution < 1.29 is 14.3 Å². The summed E-state index contributed by atoms with van der Waals surface area (Å²) in [5, 5.41) is 0. The largest absolute Gasteiger partial charge is 0.469 e. The Kier molecular flexibility index (Phi) is 6.09. The number of ether oxygens (including phenoxy) is 1. The Morgan fingerprint density at radius 1 is 1.27 bits per heavy atom. The van der Waals surface area contributed by atoms with Crippen molar-refractivity contribution in [3.63, 3.8) is 0 Å². The lowest BCUT2D eigenvalue weighted by Gasteiger charge is -2.57. The van der Waals surface area contributed by atoms with Crippen LogP contribution < -0.4 is 0 Å². The van der Waals surface area contributed by atoms with Gasteiger partial charge in [-0.05, 0) is 75.0 Å². The zero-order valence-electron chi connectivity index (χ0n) is 17.7. The fourth-order valence-electron chi connectivity index (χ4n) is 6.26. The molecule has 0 amide bonds. The van der Waals surface area contributed by atoms with E-state index < -0.39 is 0 Å². The summed E-state index contributed by atoms with van der Waals surface area (Å²) >= 11 is 0. The van der Waals surface area contributed by atoms with Crippen molar-refractivity contribution in [1.82, 2.24) is 0 Å². The molecule has 2 fully saturated rings. The van der Waals surface area contributed by atoms with Gasteiger partial charge in [0.2, 0.25) is 0 Å². The molecule has 0 radical (unpaired) electrons. The van der Waals surface area contributed by atoms with Gasteiger partial charge in [0.25, 0.3) is 0 Å². The molecule has 0 aromatic heterocycles. The molecule has 2 saturated carbocycles. The zero-order valence-corrected chi connectivity index (χ0v) is 17.7. The van der Waals surface area contributed by atoms with Crippen LogP contribution in [0.25, 0.3) is 0 Å². The smallest absolute Gasteiger partial charge is 0.311 e.